The molecular formula is C17H14N2. The van der Waals surface area contributed by atoms with Crippen molar-refractivity contribution in [2.75, 3.05) is 0 Å². The largest absolute Gasteiger partial charge is 0.262 e. The van der Waals surface area contributed by atoms with E-state index in [0.29, 0.717) is 0 Å². The Kier molecular flexibility index (Phi) is 3.90. The highest BCUT2D eigenvalue weighted by Crippen LogP contribution is 2.26. The lowest BCUT2D eigenvalue weighted by molar-refractivity contribution is 0.739. The molecule has 0 aromatic heterocycles. The predicted molar refractivity (Wildman–Crippen MR) is 78.0 cm³/mol. The highest BCUT2D eigenvalue weighted by molar-refractivity contribution is 5.80. The molecule has 2 nitrogen and oxygen atoms in total. The van der Waals surface area contributed by atoms with Gasteiger partial charge in [-0.3, -0.25) is 4.99 Å². The highest BCUT2D eigenvalue weighted by Gasteiger charge is 2.26. The fourth-order valence-electron chi connectivity index (χ4n) is 1.79. The Hall–Kier alpha value is -2.66. The van der Waals surface area contributed by atoms with E-state index in [1.165, 1.54) is 0 Å². The molecule has 0 fully saturated rings. The summed E-state index contributed by atoms with van der Waals surface area (Å²) >= 11 is 0. The van der Waals surface area contributed by atoms with Crippen molar-refractivity contribution in [1.82, 2.24) is 0 Å². The van der Waals surface area contributed by atoms with Gasteiger partial charge in [0.05, 0.1) is 0 Å². The molecule has 19 heavy (non-hydrogen) atoms. The molecule has 1 atom stereocenters. The third-order valence-corrected chi connectivity index (χ3v) is 2.90. The first-order valence-corrected chi connectivity index (χ1v) is 6.01. The lowest BCUT2D eigenvalue weighted by Gasteiger charge is -2.17. The smallest absolute Gasteiger partial charge is 0.189 e. The van der Waals surface area contributed by atoms with Gasteiger partial charge in [-0.15, -0.1) is 0 Å². The summed E-state index contributed by atoms with van der Waals surface area (Å²) in [6.07, 6.45) is 3.28. The van der Waals surface area contributed by atoms with E-state index in [1.807, 2.05) is 60.7 Å². The van der Waals surface area contributed by atoms with Crippen molar-refractivity contribution in [3.8, 4) is 6.07 Å². The molecular weight excluding hydrogens is 232 g/mol. The molecule has 0 N–H and O–H groups in total. The van der Waals surface area contributed by atoms with Crippen LogP contribution in [0, 0.1) is 11.3 Å². The molecule has 0 amide bonds. The van der Waals surface area contributed by atoms with E-state index in [-0.39, 0.29) is 0 Å². The molecule has 0 radical (unpaired) electrons. The van der Waals surface area contributed by atoms with E-state index < -0.39 is 5.54 Å². The quantitative estimate of drug-likeness (QED) is 0.598. The molecule has 0 heterocycles. The van der Waals surface area contributed by atoms with E-state index in [4.69, 9.17) is 0 Å². The van der Waals surface area contributed by atoms with Gasteiger partial charge < -0.3 is 0 Å². The Balaban J connectivity index is 2.40. The molecule has 0 spiro atoms. The molecule has 0 aliphatic rings. The molecule has 2 heteroatoms. The van der Waals surface area contributed by atoms with E-state index in [9.17, 15) is 5.26 Å². The van der Waals surface area contributed by atoms with E-state index in [2.05, 4.69) is 17.6 Å². The number of hydrogen-bond donors (Lipinski definition) is 0. The normalized spacial score (nSPS) is 13.6. The van der Waals surface area contributed by atoms with Crippen LogP contribution >= 0.6 is 0 Å². The zero-order valence-corrected chi connectivity index (χ0v) is 10.5. The van der Waals surface area contributed by atoms with Crippen molar-refractivity contribution in [3.63, 3.8) is 0 Å². The van der Waals surface area contributed by atoms with Crippen molar-refractivity contribution >= 4 is 6.21 Å². The summed E-state index contributed by atoms with van der Waals surface area (Å²) in [5.41, 5.74) is 0.747. The van der Waals surface area contributed by atoms with Crippen molar-refractivity contribution in [3.05, 3.63) is 84.4 Å². The molecule has 92 valence electrons. The Morgan fingerprint density at radius 3 is 2.11 bits per heavy atom. The van der Waals surface area contributed by atoms with Gasteiger partial charge in [0, 0.05) is 6.21 Å². The van der Waals surface area contributed by atoms with Crippen molar-refractivity contribution in [2.45, 2.75) is 5.54 Å². The zero-order valence-electron chi connectivity index (χ0n) is 10.5. The van der Waals surface area contributed by atoms with Gasteiger partial charge in [-0.05, 0) is 17.2 Å². The van der Waals surface area contributed by atoms with Gasteiger partial charge in [0.2, 0.25) is 0 Å². The van der Waals surface area contributed by atoms with Crippen molar-refractivity contribution in [2.24, 2.45) is 4.99 Å². The Morgan fingerprint density at radius 2 is 1.58 bits per heavy atom. The monoisotopic (exact) mass is 246 g/mol. The predicted octanol–water partition coefficient (Wildman–Crippen LogP) is 3.71. The summed E-state index contributed by atoms with van der Waals surface area (Å²) in [5, 5.41) is 9.47. The minimum atomic E-state index is -1.03. The maximum absolute atomic E-state index is 9.47. The average molecular weight is 246 g/mol. The lowest BCUT2D eigenvalue weighted by atomic mass is 9.92. The van der Waals surface area contributed by atoms with Crippen LogP contribution in [0.1, 0.15) is 11.1 Å². The standard InChI is InChI=1S/C17H14N2/c1-2-17(14-18,16-11-7-4-8-12-16)19-13-15-9-5-3-6-10-15/h2-13H,1H2. The van der Waals surface area contributed by atoms with Crippen LogP contribution in [0.3, 0.4) is 0 Å². The number of nitriles is 1. The van der Waals surface area contributed by atoms with Crippen molar-refractivity contribution < 1.29 is 0 Å². The fourth-order valence-corrected chi connectivity index (χ4v) is 1.79. The van der Waals surface area contributed by atoms with Gasteiger partial charge >= 0.3 is 0 Å². The first kappa shape index (κ1) is 12.8. The van der Waals surface area contributed by atoms with Crippen LogP contribution in [0.5, 0.6) is 0 Å². The average Bonchev–Trinajstić information content (AvgIpc) is 2.51. The van der Waals surface area contributed by atoms with Crippen LogP contribution in [0.4, 0.5) is 0 Å². The van der Waals surface area contributed by atoms with Crippen LogP contribution in [-0.4, -0.2) is 6.21 Å². The Morgan fingerprint density at radius 1 is 1.00 bits per heavy atom. The van der Waals surface area contributed by atoms with E-state index in [1.54, 1.807) is 12.3 Å². The van der Waals surface area contributed by atoms with Crippen molar-refractivity contribution in [1.29, 1.82) is 5.26 Å². The summed E-state index contributed by atoms with van der Waals surface area (Å²) in [6, 6.07) is 21.4. The van der Waals surface area contributed by atoms with Crippen LogP contribution in [-0.2, 0) is 5.54 Å². The second kappa shape index (κ2) is 5.79. The zero-order chi connectivity index (χ0) is 13.6. The maximum atomic E-state index is 9.47. The van der Waals surface area contributed by atoms with Crippen LogP contribution in [0.25, 0.3) is 0 Å². The molecule has 2 aromatic carbocycles. The van der Waals surface area contributed by atoms with Gasteiger partial charge in [-0.2, -0.15) is 5.26 Å². The summed E-state index contributed by atoms with van der Waals surface area (Å²) in [5.74, 6) is 0. The second-order valence-electron chi connectivity index (χ2n) is 4.12. The number of benzene rings is 2. The van der Waals surface area contributed by atoms with Crippen LogP contribution < -0.4 is 0 Å². The Labute approximate surface area is 113 Å². The molecule has 0 aliphatic carbocycles. The maximum Gasteiger partial charge on any atom is 0.189 e. The molecule has 0 saturated heterocycles. The highest BCUT2D eigenvalue weighted by atomic mass is 14.8. The number of aliphatic imine (C=N–C) groups is 1. The minimum Gasteiger partial charge on any atom is -0.262 e. The van der Waals surface area contributed by atoms with Gasteiger partial charge in [0.25, 0.3) is 0 Å². The van der Waals surface area contributed by atoms with E-state index >= 15 is 0 Å². The molecule has 2 rings (SSSR count). The first-order chi connectivity index (χ1) is 9.30. The molecule has 1 unspecified atom stereocenters. The van der Waals surface area contributed by atoms with Gasteiger partial charge in [0.1, 0.15) is 6.07 Å². The molecule has 0 saturated carbocycles. The van der Waals surface area contributed by atoms with E-state index in [0.717, 1.165) is 11.1 Å². The number of rotatable bonds is 4. The fraction of sp³-hybridized carbons (Fsp3) is 0.0588. The van der Waals surface area contributed by atoms with Crippen LogP contribution in [0.2, 0.25) is 0 Å². The topological polar surface area (TPSA) is 36.1 Å². The minimum absolute atomic E-state index is 0.819. The number of nitrogens with zero attached hydrogens (tertiary/aromatic N) is 2. The summed E-state index contributed by atoms with van der Waals surface area (Å²) < 4.78 is 0. The van der Waals surface area contributed by atoms with Gasteiger partial charge in [-0.1, -0.05) is 67.2 Å². The third-order valence-electron chi connectivity index (χ3n) is 2.90. The summed E-state index contributed by atoms with van der Waals surface area (Å²) in [4.78, 5) is 4.43. The lowest BCUT2D eigenvalue weighted by Crippen LogP contribution is -2.18. The number of hydrogen-bond acceptors (Lipinski definition) is 2. The first-order valence-electron chi connectivity index (χ1n) is 6.01. The Bertz CT molecular complexity index is 609. The summed E-state index contributed by atoms with van der Waals surface area (Å²) in [7, 11) is 0. The second-order valence-corrected chi connectivity index (χ2v) is 4.12. The van der Waals surface area contributed by atoms with Crippen LogP contribution in [0.15, 0.2) is 78.3 Å². The SMILES string of the molecule is C=CC(C#N)(N=Cc1ccccc1)c1ccccc1. The molecule has 0 bridgehead atoms. The van der Waals surface area contributed by atoms with Gasteiger partial charge in [-0.25, -0.2) is 0 Å². The third kappa shape index (κ3) is 2.78. The van der Waals surface area contributed by atoms with Gasteiger partial charge in [0.15, 0.2) is 5.54 Å². The molecule has 0 aliphatic heterocycles. The molecule has 2 aromatic rings. The summed E-state index contributed by atoms with van der Waals surface area (Å²) in [6.45, 7) is 3.76.